The Kier molecular flexibility index (Phi) is 4.12. The molecule has 10 heteroatoms. The average Bonchev–Trinajstić information content (AvgIpc) is 3.28. The minimum Gasteiger partial charge on any atom is -0.376 e. The summed E-state index contributed by atoms with van der Waals surface area (Å²) in [4.78, 5) is 3.92. The molecule has 136 valence electrons. The summed E-state index contributed by atoms with van der Waals surface area (Å²) >= 11 is 0.848. The van der Waals surface area contributed by atoms with Crippen LogP contribution in [0.1, 0.15) is 36.9 Å². The van der Waals surface area contributed by atoms with Gasteiger partial charge in [-0.2, -0.15) is 13.2 Å². The Morgan fingerprint density at radius 3 is 2.28 bits per heavy atom. The molecule has 1 aromatic heterocycles. The molecule has 1 aliphatic rings. The van der Waals surface area contributed by atoms with Crippen LogP contribution in [0.25, 0.3) is 0 Å². The molecule has 0 radical (unpaired) electrons. The molecule has 5 nitrogen and oxygen atoms in total. The van der Waals surface area contributed by atoms with Crippen LogP contribution in [-0.4, -0.2) is 24.7 Å². The van der Waals surface area contributed by atoms with Gasteiger partial charge >= 0.3 is 6.18 Å². The molecule has 1 saturated carbocycles. The Morgan fingerprint density at radius 1 is 1.24 bits per heavy atom. The SMILES string of the molecule is CC(O)(c1ccc(S(=O)(=O)c2sc(N)nc2C2CC2)cc1)C(F)(F)F. The van der Waals surface area contributed by atoms with E-state index in [2.05, 4.69) is 4.98 Å². The van der Waals surface area contributed by atoms with Gasteiger partial charge in [-0.3, -0.25) is 0 Å². The monoisotopic (exact) mass is 392 g/mol. The summed E-state index contributed by atoms with van der Waals surface area (Å²) < 4.78 is 64.3. The number of thiazole rings is 1. The van der Waals surface area contributed by atoms with Gasteiger partial charge < -0.3 is 10.8 Å². The third kappa shape index (κ3) is 3.13. The minimum atomic E-state index is -4.88. The lowest BCUT2D eigenvalue weighted by atomic mass is 9.96. The molecule has 1 unspecified atom stereocenters. The first kappa shape index (κ1) is 18.2. The van der Waals surface area contributed by atoms with E-state index in [1.165, 1.54) is 0 Å². The first-order valence-electron chi connectivity index (χ1n) is 7.35. The van der Waals surface area contributed by atoms with E-state index < -0.39 is 27.2 Å². The Labute approximate surface area is 146 Å². The first-order chi connectivity index (χ1) is 11.4. The minimum absolute atomic E-state index is 0.0304. The van der Waals surface area contributed by atoms with E-state index in [4.69, 9.17) is 5.73 Å². The van der Waals surface area contributed by atoms with Gasteiger partial charge in [-0.1, -0.05) is 23.5 Å². The number of nitrogen functional groups attached to an aromatic ring is 1. The van der Waals surface area contributed by atoms with Crippen molar-refractivity contribution in [3.8, 4) is 0 Å². The van der Waals surface area contributed by atoms with Crippen molar-refractivity contribution in [3.63, 3.8) is 0 Å². The lowest BCUT2D eigenvalue weighted by molar-refractivity contribution is -0.258. The molecule has 1 atom stereocenters. The summed E-state index contributed by atoms with van der Waals surface area (Å²) in [5.74, 6) is 0.0589. The predicted octanol–water partition coefficient (Wildman–Crippen LogP) is 3.21. The fourth-order valence-corrected chi connectivity index (χ4v) is 5.20. The molecule has 25 heavy (non-hydrogen) atoms. The van der Waals surface area contributed by atoms with Crippen molar-refractivity contribution in [1.29, 1.82) is 0 Å². The number of nitrogens with two attached hydrogens (primary N) is 1. The summed E-state index contributed by atoms with van der Waals surface area (Å²) in [6.45, 7) is 0.617. The summed E-state index contributed by atoms with van der Waals surface area (Å²) in [5.41, 5.74) is 2.55. The Bertz CT molecular complexity index is 899. The number of aromatic nitrogens is 1. The van der Waals surface area contributed by atoms with E-state index in [9.17, 15) is 26.7 Å². The van der Waals surface area contributed by atoms with Gasteiger partial charge in [0.15, 0.2) is 10.7 Å². The maximum Gasteiger partial charge on any atom is 0.421 e. The van der Waals surface area contributed by atoms with Crippen LogP contribution < -0.4 is 5.73 Å². The molecule has 0 saturated heterocycles. The third-order valence-electron chi connectivity index (χ3n) is 4.12. The lowest BCUT2D eigenvalue weighted by Crippen LogP contribution is -2.39. The van der Waals surface area contributed by atoms with E-state index in [0.29, 0.717) is 12.6 Å². The summed E-state index contributed by atoms with van der Waals surface area (Å²) in [6, 6.07) is 4.03. The Morgan fingerprint density at radius 2 is 1.80 bits per heavy atom. The zero-order chi connectivity index (χ0) is 18.6. The van der Waals surface area contributed by atoms with Crippen molar-refractivity contribution in [2.24, 2.45) is 0 Å². The van der Waals surface area contributed by atoms with Gasteiger partial charge in [0.1, 0.15) is 4.21 Å². The standard InChI is InChI=1S/C15H15F3N2O3S2/c1-14(21,15(16,17)18)9-4-6-10(7-5-9)25(22,23)12-11(8-2-3-8)20-13(19)24-12/h4-8,21H,2-3H2,1H3,(H2,19,20). The van der Waals surface area contributed by atoms with Gasteiger partial charge in [-0.05, 0) is 37.5 Å². The highest BCUT2D eigenvalue weighted by Gasteiger charge is 2.51. The van der Waals surface area contributed by atoms with Crippen molar-refractivity contribution < 1.29 is 26.7 Å². The highest BCUT2D eigenvalue weighted by atomic mass is 32.2. The zero-order valence-corrected chi connectivity index (χ0v) is 14.7. The van der Waals surface area contributed by atoms with Crippen molar-refractivity contribution >= 4 is 26.3 Å². The van der Waals surface area contributed by atoms with Gasteiger partial charge in [0.25, 0.3) is 0 Å². The van der Waals surface area contributed by atoms with Crippen molar-refractivity contribution in [2.75, 3.05) is 5.73 Å². The van der Waals surface area contributed by atoms with Crippen LogP contribution in [0.15, 0.2) is 33.4 Å². The van der Waals surface area contributed by atoms with Crippen molar-refractivity contribution in [2.45, 2.75) is 46.6 Å². The molecule has 1 heterocycles. The molecule has 0 bridgehead atoms. The number of rotatable bonds is 4. The molecular weight excluding hydrogens is 377 g/mol. The second-order valence-electron chi connectivity index (χ2n) is 6.10. The highest BCUT2D eigenvalue weighted by Crippen LogP contribution is 2.46. The number of alkyl halides is 3. The number of anilines is 1. The first-order valence-corrected chi connectivity index (χ1v) is 9.65. The number of halogens is 3. The van der Waals surface area contributed by atoms with Crippen LogP contribution in [0.4, 0.5) is 18.3 Å². The number of hydrogen-bond donors (Lipinski definition) is 2. The molecule has 0 aliphatic heterocycles. The van der Waals surface area contributed by atoms with Gasteiger partial charge in [0, 0.05) is 5.92 Å². The maximum absolute atomic E-state index is 12.9. The molecule has 3 N–H and O–H groups in total. The zero-order valence-electron chi connectivity index (χ0n) is 13.0. The quantitative estimate of drug-likeness (QED) is 0.833. The summed E-state index contributed by atoms with van der Waals surface area (Å²) in [6.07, 6.45) is -3.21. The van der Waals surface area contributed by atoms with Crippen LogP contribution in [-0.2, 0) is 15.4 Å². The normalized spacial score (nSPS) is 18.1. The van der Waals surface area contributed by atoms with Crippen LogP contribution in [0, 0.1) is 0 Å². The van der Waals surface area contributed by atoms with E-state index >= 15 is 0 Å². The van der Waals surface area contributed by atoms with E-state index in [1.807, 2.05) is 0 Å². The smallest absolute Gasteiger partial charge is 0.376 e. The fraction of sp³-hybridized carbons (Fsp3) is 0.400. The largest absolute Gasteiger partial charge is 0.421 e. The third-order valence-corrected chi connectivity index (χ3v) is 7.32. The number of benzene rings is 1. The Hall–Kier alpha value is -1.65. The summed E-state index contributed by atoms with van der Waals surface area (Å²) in [5, 5.41) is 9.80. The van der Waals surface area contributed by atoms with Gasteiger partial charge in [-0.15, -0.1) is 0 Å². The molecular formula is C15H15F3N2O3S2. The Balaban J connectivity index is 2.00. The number of sulfone groups is 1. The second-order valence-corrected chi connectivity index (χ2v) is 9.27. The van der Waals surface area contributed by atoms with Crippen molar-refractivity contribution in [3.05, 3.63) is 35.5 Å². The molecule has 1 aromatic carbocycles. The highest BCUT2D eigenvalue weighted by molar-refractivity contribution is 7.93. The lowest BCUT2D eigenvalue weighted by Gasteiger charge is -2.26. The second kappa shape index (κ2) is 5.68. The van der Waals surface area contributed by atoms with E-state index in [-0.39, 0.29) is 20.2 Å². The van der Waals surface area contributed by atoms with Crippen LogP contribution in [0.3, 0.4) is 0 Å². The predicted molar refractivity (Wildman–Crippen MR) is 86.0 cm³/mol. The summed E-state index contributed by atoms with van der Waals surface area (Å²) in [7, 11) is -3.94. The van der Waals surface area contributed by atoms with Gasteiger partial charge in [0.2, 0.25) is 9.84 Å². The van der Waals surface area contributed by atoms with Crippen LogP contribution >= 0.6 is 11.3 Å². The number of nitrogens with zero attached hydrogens (tertiary/aromatic N) is 1. The number of hydrogen-bond acceptors (Lipinski definition) is 6. The van der Waals surface area contributed by atoms with Gasteiger partial charge in [-0.25, -0.2) is 13.4 Å². The molecule has 0 amide bonds. The van der Waals surface area contributed by atoms with E-state index in [0.717, 1.165) is 48.4 Å². The molecule has 0 spiro atoms. The van der Waals surface area contributed by atoms with E-state index in [1.54, 1.807) is 0 Å². The molecule has 3 rings (SSSR count). The fourth-order valence-electron chi connectivity index (χ4n) is 2.37. The van der Waals surface area contributed by atoms with Crippen molar-refractivity contribution in [1.82, 2.24) is 4.98 Å². The van der Waals surface area contributed by atoms with Crippen LogP contribution in [0.5, 0.6) is 0 Å². The average molecular weight is 392 g/mol. The topological polar surface area (TPSA) is 93.3 Å². The van der Waals surface area contributed by atoms with Crippen LogP contribution in [0.2, 0.25) is 0 Å². The molecule has 1 fully saturated rings. The number of aliphatic hydroxyl groups is 1. The molecule has 1 aliphatic carbocycles. The van der Waals surface area contributed by atoms with Gasteiger partial charge in [0.05, 0.1) is 10.6 Å². The molecule has 2 aromatic rings. The maximum atomic E-state index is 12.9.